The third kappa shape index (κ3) is 3.65. The van der Waals surface area contributed by atoms with Crippen LogP contribution in [0, 0.1) is 5.92 Å². The summed E-state index contributed by atoms with van der Waals surface area (Å²) in [6.45, 7) is 5.96. The Morgan fingerprint density at radius 1 is 1.43 bits per heavy atom. The molecule has 1 amide bonds. The number of carbonyl (C=O) groups is 1. The van der Waals surface area contributed by atoms with Crippen molar-refractivity contribution in [3.05, 3.63) is 22.9 Å². The molecule has 0 unspecified atom stereocenters. The quantitative estimate of drug-likeness (QED) is 0.837. The van der Waals surface area contributed by atoms with Crippen molar-refractivity contribution < 1.29 is 4.79 Å². The van der Waals surface area contributed by atoms with Gasteiger partial charge in [-0.05, 0) is 46.8 Å². The minimum Gasteiger partial charge on any atom is -0.367 e. The first-order valence-corrected chi connectivity index (χ1v) is 8.87. The van der Waals surface area contributed by atoms with E-state index in [1.807, 2.05) is 17.0 Å². The number of halogens is 1. The van der Waals surface area contributed by atoms with Crippen molar-refractivity contribution in [1.29, 1.82) is 0 Å². The Labute approximate surface area is 144 Å². The standard InChI is InChI=1S/C16H22BrN5O/c1-11(2)7-8-21-12(3-6-16(21)23)9-18-14-4-5-15-19-10-13(17)22(15)20-14/h4-5,10-12H,3,6-9H2,1-2H3,(H,18,20)/t12-/m0/s1. The highest BCUT2D eigenvalue weighted by Crippen LogP contribution is 2.21. The second kappa shape index (κ2) is 6.86. The van der Waals surface area contributed by atoms with E-state index in [1.165, 1.54) is 0 Å². The summed E-state index contributed by atoms with van der Waals surface area (Å²) in [6.07, 6.45) is 4.36. The molecule has 2 aromatic heterocycles. The number of imidazole rings is 1. The smallest absolute Gasteiger partial charge is 0.222 e. The minimum atomic E-state index is 0.255. The molecule has 1 fully saturated rings. The molecule has 3 rings (SSSR count). The molecule has 1 aliphatic heterocycles. The van der Waals surface area contributed by atoms with Crippen molar-refractivity contribution in [3.8, 4) is 0 Å². The van der Waals surface area contributed by atoms with E-state index in [2.05, 4.69) is 45.2 Å². The van der Waals surface area contributed by atoms with Crippen LogP contribution in [0.5, 0.6) is 0 Å². The topological polar surface area (TPSA) is 62.5 Å². The van der Waals surface area contributed by atoms with Crippen LogP contribution in [0.25, 0.3) is 5.65 Å². The molecule has 0 aromatic carbocycles. The van der Waals surface area contributed by atoms with Crippen LogP contribution in [0.2, 0.25) is 0 Å². The number of fused-ring (bicyclic) bond motifs is 1. The maximum Gasteiger partial charge on any atom is 0.222 e. The Bertz CT molecular complexity index is 699. The lowest BCUT2D eigenvalue weighted by molar-refractivity contribution is -0.128. The zero-order valence-electron chi connectivity index (χ0n) is 13.5. The first-order valence-electron chi connectivity index (χ1n) is 8.08. The Kier molecular flexibility index (Phi) is 4.84. The molecule has 1 saturated heterocycles. The van der Waals surface area contributed by atoms with Gasteiger partial charge in [0, 0.05) is 25.6 Å². The molecule has 0 aliphatic carbocycles. The molecule has 124 valence electrons. The zero-order chi connectivity index (χ0) is 16.4. The number of hydrogen-bond donors (Lipinski definition) is 1. The number of hydrogen-bond acceptors (Lipinski definition) is 4. The van der Waals surface area contributed by atoms with Crippen LogP contribution in [-0.4, -0.2) is 44.5 Å². The Hall–Kier alpha value is -1.63. The lowest BCUT2D eigenvalue weighted by Gasteiger charge is -2.26. The Morgan fingerprint density at radius 2 is 2.26 bits per heavy atom. The second-order valence-electron chi connectivity index (χ2n) is 6.41. The van der Waals surface area contributed by atoms with Crippen molar-refractivity contribution >= 4 is 33.3 Å². The lowest BCUT2D eigenvalue weighted by Crippen LogP contribution is -2.38. The number of likely N-dealkylation sites (tertiary alicyclic amines) is 1. The van der Waals surface area contributed by atoms with Crippen molar-refractivity contribution in [3.63, 3.8) is 0 Å². The van der Waals surface area contributed by atoms with Crippen molar-refractivity contribution in [2.24, 2.45) is 5.92 Å². The first-order chi connectivity index (χ1) is 11.0. The number of carbonyl (C=O) groups excluding carboxylic acids is 1. The summed E-state index contributed by atoms with van der Waals surface area (Å²) in [7, 11) is 0. The van der Waals surface area contributed by atoms with E-state index in [9.17, 15) is 4.79 Å². The van der Waals surface area contributed by atoms with Crippen LogP contribution in [0.1, 0.15) is 33.1 Å². The average Bonchev–Trinajstić information content (AvgIpc) is 3.06. The van der Waals surface area contributed by atoms with Gasteiger partial charge in [0.05, 0.1) is 6.20 Å². The molecule has 0 saturated carbocycles. The largest absolute Gasteiger partial charge is 0.367 e. The molecule has 6 nitrogen and oxygen atoms in total. The van der Waals surface area contributed by atoms with Crippen molar-refractivity contribution in [1.82, 2.24) is 19.5 Å². The van der Waals surface area contributed by atoms with Gasteiger partial charge in [0.2, 0.25) is 5.91 Å². The Balaban J connectivity index is 1.63. The minimum absolute atomic E-state index is 0.255. The van der Waals surface area contributed by atoms with E-state index in [1.54, 1.807) is 10.7 Å². The molecule has 1 atom stereocenters. The first kappa shape index (κ1) is 16.2. The maximum atomic E-state index is 12.1. The average molecular weight is 380 g/mol. The number of amides is 1. The molecule has 2 aromatic rings. The van der Waals surface area contributed by atoms with Gasteiger partial charge in [-0.1, -0.05) is 13.8 Å². The molecule has 1 aliphatic rings. The normalized spacial score (nSPS) is 18.3. The summed E-state index contributed by atoms with van der Waals surface area (Å²) in [4.78, 5) is 18.3. The number of rotatable bonds is 6. The summed E-state index contributed by atoms with van der Waals surface area (Å²) in [5, 5.41) is 7.87. The lowest BCUT2D eigenvalue weighted by atomic mass is 10.1. The second-order valence-corrected chi connectivity index (χ2v) is 7.23. The third-order valence-electron chi connectivity index (χ3n) is 4.24. The van der Waals surface area contributed by atoms with Crippen molar-refractivity contribution in [2.45, 2.75) is 39.2 Å². The third-order valence-corrected chi connectivity index (χ3v) is 4.78. The molecular weight excluding hydrogens is 358 g/mol. The van der Waals surface area contributed by atoms with Gasteiger partial charge in [0.25, 0.3) is 0 Å². The molecule has 23 heavy (non-hydrogen) atoms. The molecule has 0 radical (unpaired) electrons. The van der Waals surface area contributed by atoms with Gasteiger partial charge in [-0.15, -0.1) is 5.10 Å². The Morgan fingerprint density at radius 3 is 3.04 bits per heavy atom. The maximum absolute atomic E-state index is 12.1. The van der Waals surface area contributed by atoms with Crippen LogP contribution < -0.4 is 5.32 Å². The van der Waals surface area contributed by atoms with Crippen molar-refractivity contribution in [2.75, 3.05) is 18.4 Å². The summed E-state index contributed by atoms with van der Waals surface area (Å²) < 4.78 is 2.57. The summed E-state index contributed by atoms with van der Waals surface area (Å²) >= 11 is 3.43. The number of nitrogens with one attached hydrogen (secondary N) is 1. The van der Waals surface area contributed by atoms with Crippen LogP contribution in [0.3, 0.4) is 0 Å². The summed E-state index contributed by atoms with van der Waals surface area (Å²) in [5.74, 6) is 1.68. The van der Waals surface area contributed by atoms with E-state index in [-0.39, 0.29) is 11.9 Å². The number of aromatic nitrogens is 3. The SMILES string of the molecule is CC(C)CCN1C(=O)CC[C@H]1CNc1ccc2ncc(Br)n2n1. The van der Waals surface area contributed by atoms with Gasteiger partial charge in [0.15, 0.2) is 5.65 Å². The molecule has 7 heteroatoms. The number of nitrogens with zero attached hydrogens (tertiary/aromatic N) is 4. The monoisotopic (exact) mass is 379 g/mol. The van der Waals surface area contributed by atoms with Crippen LogP contribution in [0.15, 0.2) is 22.9 Å². The predicted molar refractivity (Wildman–Crippen MR) is 93.4 cm³/mol. The molecule has 0 bridgehead atoms. The predicted octanol–water partition coefficient (Wildman–Crippen LogP) is 2.94. The summed E-state index contributed by atoms with van der Waals surface area (Å²) in [5.41, 5.74) is 0.803. The highest BCUT2D eigenvalue weighted by molar-refractivity contribution is 9.10. The van der Waals surface area contributed by atoms with Crippen LogP contribution in [0.4, 0.5) is 5.82 Å². The van der Waals surface area contributed by atoms with E-state index in [0.717, 1.165) is 42.0 Å². The molecule has 0 spiro atoms. The molecule has 1 N–H and O–H groups in total. The highest BCUT2D eigenvalue weighted by Gasteiger charge is 2.30. The zero-order valence-corrected chi connectivity index (χ0v) is 15.1. The van der Waals surface area contributed by atoms with Gasteiger partial charge >= 0.3 is 0 Å². The fraction of sp³-hybridized carbons (Fsp3) is 0.562. The fourth-order valence-corrected chi connectivity index (χ4v) is 3.24. The van der Waals surface area contributed by atoms with Gasteiger partial charge in [-0.25, -0.2) is 9.50 Å². The van der Waals surface area contributed by atoms with Crippen LogP contribution >= 0.6 is 15.9 Å². The van der Waals surface area contributed by atoms with Gasteiger partial charge in [0.1, 0.15) is 10.4 Å². The molecular formula is C16H22BrN5O. The van der Waals surface area contributed by atoms with E-state index in [4.69, 9.17) is 0 Å². The summed E-state index contributed by atoms with van der Waals surface area (Å²) in [6, 6.07) is 4.10. The van der Waals surface area contributed by atoms with E-state index >= 15 is 0 Å². The highest BCUT2D eigenvalue weighted by atomic mass is 79.9. The van der Waals surface area contributed by atoms with E-state index < -0.39 is 0 Å². The van der Waals surface area contributed by atoms with E-state index in [0.29, 0.717) is 12.3 Å². The molecule has 3 heterocycles. The fourth-order valence-electron chi connectivity index (χ4n) is 2.87. The van der Waals surface area contributed by atoms with Crippen LogP contribution in [-0.2, 0) is 4.79 Å². The van der Waals surface area contributed by atoms with Gasteiger partial charge in [-0.3, -0.25) is 4.79 Å². The van der Waals surface area contributed by atoms with Gasteiger partial charge in [-0.2, -0.15) is 0 Å². The van der Waals surface area contributed by atoms with Gasteiger partial charge < -0.3 is 10.2 Å². The number of anilines is 1.